The number of nitrogens with one attached hydrogen (secondary N) is 2. The maximum absolute atomic E-state index is 12.9. The minimum atomic E-state index is -0.347. The van der Waals surface area contributed by atoms with E-state index in [2.05, 4.69) is 37.5 Å². The van der Waals surface area contributed by atoms with Crippen molar-refractivity contribution >= 4 is 34.5 Å². The summed E-state index contributed by atoms with van der Waals surface area (Å²) in [5, 5.41) is 7.25. The second kappa shape index (κ2) is 11.1. The number of aryl methyl sites for hydroxylation is 2. The van der Waals surface area contributed by atoms with E-state index in [-0.39, 0.29) is 29.9 Å². The second-order valence-corrected chi connectivity index (χ2v) is 9.18. The molecule has 0 bridgehead atoms. The molecule has 2 unspecified atom stereocenters. The molecule has 0 spiro atoms. The molecular weight excluding hydrogens is 440 g/mol. The Balaban J connectivity index is 1.60. The molecule has 9 heteroatoms. The fraction of sp³-hybridized carbons (Fsp3) is 0.423. The van der Waals surface area contributed by atoms with Gasteiger partial charge in [0, 0.05) is 11.6 Å². The molecule has 0 saturated heterocycles. The number of unbranched alkanes of at least 4 members (excludes halogenated alkanes) is 1. The number of anilines is 2. The fourth-order valence-corrected chi connectivity index (χ4v) is 4.46. The molecular formula is C26H34N8O. The summed E-state index contributed by atoms with van der Waals surface area (Å²) in [6.45, 7) is 4.18. The highest BCUT2D eigenvalue weighted by Gasteiger charge is 2.26. The molecule has 2 heterocycles. The molecule has 1 aliphatic rings. The van der Waals surface area contributed by atoms with E-state index in [4.69, 9.17) is 11.5 Å². The lowest BCUT2D eigenvalue weighted by Crippen LogP contribution is -2.38. The zero-order valence-electron chi connectivity index (χ0n) is 20.4. The number of hydrogen-bond acceptors (Lipinski definition) is 6. The molecule has 1 aromatic carbocycles. The van der Waals surface area contributed by atoms with Gasteiger partial charge in [-0.1, -0.05) is 43.9 Å². The van der Waals surface area contributed by atoms with Crippen LogP contribution in [0, 0.1) is 6.92 Å². The molecule has 2 aromatic heterocycles. The molecule has 0 aliphatic heterocycles. The summed E-state index contributed by atoms with van der Waals surface area (Å²) in [5.41, 5.74) is 14.6. The normalized spacial score (nSPS) is 17.7. The Labute approximate surface area is 205 Å². The monoisotopic (exact) mass is 474 g/mol. The molecule has 6 N–H and O–H groups in total. The van der Waals surface area contributed by atoms with Gasteiger partial charge in [-0.15, -0.1) is 0 Å². The highest BCUT2D eigenvalue weighted by molar-refractivity contribution is 6.02. The molecule has 1 aliphatic carbocycles. The third-order valence-electron chi connectivity index (χ3n) is 6.32. The summed E-state index contributed by atoms with van der Waals surface area (Å²) < 4.78 is 0. The van der Waals surface area contributed by atoms with Crippen LogP contribution in [0.15, 0.2) is 41.5 Å². The predicted octanol–water partition coefficient (Wildman–Crippen LogP) is 3.92. The van der Waals surface area contributed by atoms with Crippen LogP contribution in [0.2, 0.25) is 0 Å². The van der Waals surface area contributed by atoms with Crippen LogP contribution in [0.1, 0.15) is 67.1 Å². The largest absolute Gasteiger partial charge is 0.370 e. The number of hydrogen-bond donors (Lipinski definition) is 4. The van der Waals surface area contributed by atoms with E-state index in [9.17, 15) is 4.79 Å². The first-order valence-corrected chi connectivity index (χ1v) is 12.3. The van der Waals surface area contributed by atoms with Crippen LogP contribution in [0.4, 0.5) is 11.8 Å². The number of nitrogens with zero attached hydrogens (tertiary/aromatic N) is 4. The molecule has 3 aromatic rings. The van der Waals surface area contributed by atoms with Crippen molar-refractivity contribution in [1.82, 2.24) is 15.0 Å². The van der Waals surface area contributed by atoms with E-state index in [1.54, 1.807) is 12.3 Å². The maximum Gasteiger partial charge on any atom is 0.276 e. The molecule has 0 radical (unpaired) electrons. The predicted molar refractivity (Wildman–Crippen MR) is 141 cm³/mol. The number of carbonyl (C=O) groups excluding carboxylic acids is 1. The fourth-order valence-electron chi connectivity index (χ4n) is 4.46. The molecule has 35 heavy (non-hydrogen) atoms. The summed E-state index contributed by atoms with van der Waals surface area (Å²) in [7, 11) is 0. The van der Waals surface area contributed by atoms with Gasteiger partial charge in [-0.2, -0.15) is 4.98 Å². The average Bonchev–Trinajstić information content (AvgIpc) is 2.84. The van der Waals surface area contributed by atoms with Gasteiger partial charge in [-0.05, 0) is 56.4 Å². The third kappa shape index (κ3) is 6.23. The van der Waals surface area contributed by atoms with Crippen molar-refractivity contribution in [2.75, 3.05) is 10.6 Å². The quantitative estimate of drug-likeness (QED) is 0.286. The summed E-state index contributed by atoms with van der Waals surface area (Å²) >= 11 is 0. The van der Waals surface area contributed by atoms with Crippen LogP contribution in [-0.2, 0) is 6.42 Å². The first kappa shape index (κ1) is 24.4. The summed E-state index contributed by atoms with van der Waals surface area (Å²) in [6, 6.07) is 9.65. The van der Waals surface area contributed by atoms with E-state index in [1.165, 1.54) is 0 Å². The summed E-state index contributed by atoms with van der Waals surface area (Å²) in [4.78, 5) is 30.9. The minimum absolute atomic E-state index is 0.0305. The number of amides is 1. The van der Waals surface area contributed by atoms with Gasteiger partial charge in [0.1, 0.15) is 11.5 Å². The lowest BCUT2D eigenvalue weighted by Gasteiger charge is -2.30. The van der Waals surface area contributed by atoms with E-state index in [0.717, 1.165) is 67.0 Å². The van der Waals surface area contributed by atoms with Crippen LogP contribution in [0.5, 0.6) is 0 Å². The molecule has 1 amide bonds. The van der Waals surface area contributed by atoms with Gasteiger partial charge < -0.3 is 16.8 Å². The average molecular weight is 475 g/mol. The number of pyridine rings is 1. The number of carbonyl (C=O) groups is 1. The van der Waals surface area contributed by atoms with Crippen LogP contribution in [0.3, 0.4) is 0 Å². The summed E-state index contributed by atoms with van der Waals surface area (Å²) in [5.74, 6) is 0.619. The smallest absolute Gasteiger partial charge is 0.276 e. The minimum Gasteiger partial charge on any atom is -0.370 e. The Morgan fingerprint density at radius 3 is 2.71 bits per heavy atom. The Bertz CT molecular complexity index is 1200. The van der Waals surface area contributed by atoms with E-state index >= 15 is 0 Å². The van der Waals surface area contributed by atoms with Crippen molar-refractivity contribution in [1.29, 1.82) is 0 Å². The molecule has 1 fully saturated rings. The number of fused-ring (bicyclic) bond motifs is 1. The first-order chi connectivity index (χ1) is 16.9. The Morgan fingerprint density at radius 2 is 1.97 bits per heavy atom. The van der Waals surface area contributed by atoms with Gasteiger partial charge >= 0.3 is 0 Å². The zero-order chi connectivity index (χ0) is 24.8. The first-order valence-electron chi connectivity index (χ1n) is 12.3. The number of guanidine groups is 1. The Morgan fingerprint density at radius 1 is 1.14 bits per heavy atom. The molecule has 2 atom stereocenters. The van der Waals surface area contributed by atoms with Crippen molar-refractivity contribution in [2.45, 2.75) is 70.9 Å². The third-order valence-corrected chi connectivity index (χ3v) is 6.32. The van der Waals surface area contributed by atoms with Crippen molar-refractivity contribution in [3.8, 4) is 0 Å². The highest BCUT2D eigenvalue weighted by atomic mass is 16.2. The van der Waals surface area contributed by atoms with Crippen LogP contribution < -0.4 is 22.1 Å². The topological polar surface area (TPSA) is 144 Å². The number of aromatic nitrogens is 3. The Kier molecular flexibility index (Phi) is 7.74. The van der Waals surface area contributed by atoms with Gasteiger partial charge in [0.25, 0.3) is 5.91 Å². The van der Waals surface area contributed by atoms with E-state index in [1.807, 2.05) is 31.2 Å². The van der Waals surface area contributed by atoms with Crippen LogP contribution in [0.25, 0.3) is 10.9 Å². The van der Waals surface area contributed by atoms with Crippen molar-refractivity contribution < 1.29 is 4.79 Å². The Hall–Kier alpha value is -3.75. The van der Waals surface area contributed by atoms with Crippen LogP contribution >= 0.6 is 0 Å². The summed E-state index contributed by atoms with van der Waals surface area (Å²) in [6.07, 6.45) is 8.91. The van der Waals surface area contributed by atoms with E-state index in [0.29, 0.717) is 11.5 Å². The maximum atomic E-state index is 12.9. The molecule has 9 nitrogen and oxygen atoms in total. The van der Waals surface area contributed by atoms with Gasteiger partial charge in [0.2, 0.25) is 5.95 Å². The molecule has 184 valence electrons. The second-order valence-electron chi connectivity index (χ2n) is 9.18. The van der Waals surface area contributed by atoms with Crippen molar-refractivity contribution in [3.05, 3.63) is 53.3 Å². The van der Waals surface area contributed by atoms with Crippen molar-refractivity contribution in [2.24, 2.45) is 16.5 Å². The SMILES string of the molecule is CCCCc1ccc(C(=O)Nc2nc(NC3CCCCC3N=C(N)N)c3cc(C)ccc3n2)nc1. The van der Waals surface area contributed by atoms with Gasteiger partial charge in [0.05, 0.1) is 17.6 Å². The van der Waals surface area contributed by atoms with Gasteiger partial charge in [-0.25, -0.2) is 9.98 Å². The number of rotatable bonds is 8. The van der Waals surface area contributed by atoms with Gasteiger partial charge in [0.15, 0.2) is 5.96 Å². The number of nitrogens with two attached hydrogens (primary N) is 2. The lowest BCUT2D eigenvalue weighted by atomic mass is 9.90. The highest BCUT2D eigenvalue weighted by Crippen LogP contribution is 2.29. The standard InChI is InChI=1S/C26H34N8O/c1-3-4-7-17-11-13-22(29-15-17)24(35)34-26-32-19-12-10-16(2)14-18(19)23(33-26)30-20-8-5-6-9-21(20)31-25(27)28/h10-15,20-21H,3-9H2,1-2H3,(H4,27,28,31)(H2,30,32,33,34,35). The van der Waals surface area contributed by atoms with Gasteiger partial charge in [-0.3, -0.25) is 15.1 Å². The van der Waals surface area contributed by atoms with Crippen molar-refractivity contribution in [3.63, 3.8) is 0 Å². The molecule has 4 rings (SSSR count). The number of aliphatic imine (C=N–C) groups is 1. The number of benzene rings is 1. The lowest BCUT2D eigenvalue weighted by molar-refractivity contribution is 0.102. The zero-order valence-corrected chi connectivity index (χ0v) is 20.4. The molecule has 1 saturated carbocycles. The van der Waals surface area contributed by atoms with E-state index < -0.39 is 0 Å². The van der Waals surface area contributed by atoms with Crippen LogP contribution in [-0.4, -0.2) is 38.9 Å².